The van der Waals surface area contributed by atoms with Gasteiger partial charge in [-0.05, 0) is 23.7 Å². The monoisotopic (exact) mass is 298 g/mol. The summed E-state index contributed by atoms with van der Waals surface area (Å²) >= 11 is 0. The van der Waals surface area contributed by atoms with Crippen LogP contribution in [-0.2, 0) is 15.2 Å². The van der Waals surface area contributed by atoms with E-state index >= 15 is 0 Å². The number of benzene rings is 1. The van der Waals surface area contributed by atoms with Gasteiger partial charge in [0.1, 0.15) is 0 Å². The van der Waals surface area contributed by atoms with Gasteiger partial charge in [-0.3, -0.25) is 4.21 Å². The molecule has 108 valence electrons. The van der Waals surface area contributed by atoms with Crippen molar-refractivity contribution in [1.82, 2.24) is 0 Å². The molecule has 0 radical (unpaired) electrons. The summed E-state index contributed by atoms with van der Waals surface area (Å²) in [5.41, 5.74) is 1.13. The average molecular weight is 299 g/mol. The quantitative estimate of drug-likeness (QED) is 0.764. The lowest BCUT2D eigenvalue weighted by Gasteiger charge is -2.39. The second kappa shape index (κ2) is 6.33. The molecule has 4 heteroatoms. The van der Waals surface area contributed by atoms with Gasteiger partial charge in [-0.25, -0.2) is 0 Å². The molecule has 0 aliphatic carbocycles. The highest BCUT2D eigenvalue weighted by Crippen LogP contribution is 2.39. The summed E-state index contributed by atoms with van der Waals surface area (Å²) in [6.07, 6.45) is 1.68. The molecule has 19 heavy (non-hydrogen) atoms. The van der Waals surface area contributed by atoms with Crippen LogP contribution in [0.1, 0.15) is 32.4 Å². The van der Waals surface area contributed by atoms with Gasteiger partial charge in [-0.1, -0.05) is 51.1 Å². The maximum Gasteiger partial charge on any atom is 0.192 e. The first-order valence-corrected chi connectivity index (χ1v) is 11.3. The van der Waals surface area contributed by atoms with E-state index in [9.17, 15) is 4.21 Å². The Hall–Kier alpha value is -0.453. The fourth-order valence-corrected chi connectivity index (χ4v) is 3.70. The molecule has 1 rings (SSSR count). The van der Waals surface area contributed by atoms with E-state index in [1.807, 2.05) is 18.2 Å². The molecule has 0 aromatic heterocycles. The van der Waals surface area contributed by atoms with E-state index in [2.05, 4.69) is 46.0 Å². The molecule has 0 N–H and O–H groups in total. The van der Waals surface area contributed by atoms with Gasteiger partial charge in [0, 0.05) is 17.1 Å². The highest BCUT2D eigenvalue weighted by molar-refractivity contribution is 7.84. The Balaban J connectivity index is 2.97. The summed E-state index contributed by atoms with van der Waals surface area (Å²) < 4.78 is 18.1. The lowest BCUT2D eigenvalue weighted by atomic mass is 10.1. The van der Waals surface area contributed by atoms with E-state index in [-0.39, 0.29) is 11.1 Å². The van der Waals surface area contributed by atoms with Crippen molar-refractivity contribution in [2.24, 2.45) is 0 Å². The van der Waals surface area contributed by atoms with Crippen LogP contribution in [0.4, 0.5) is 0 Å². The summed E-state index contributed by atoms with van der Waals surface area (Å²) in [6.45, 7) is 11.2. The third-order valence-corrected chi connectivity index (χ3v) is 9.06. The molecular weight excluding hydrogens is 272 g/mol. The zero-order valence-electron chi connectivity index (χ0n) is 12.9. The minimum atomic E-state index is -1.85. The first-order valence-electron chi connectivity index (χ1n) is 6.66. The predicted octanol–water partition coefficient (Wildman–Crippen LogP) is 4.13. The van der Waals surface area contributed by atoms with Crippen LogP contribution in [0.15, 0.2) is 30.3 Å². The summed E-state index contributed by atoms with van der Waals surface area (Å²) in [5, 5.41) is 0.162. The first-order chi connectivity index (χ1) is 8.63. The zero-order chi connectivity index (χ0) is 14.7. The minimum Gasteiger partial charge on any atom is -0.409 e. The summed E-state index contributed by atoms with van der Waals surface area (Å²) in [4.78, 5) is 0. The van der Waals surface area contributed by atoms with Crippen molar-refractivity contribution in [3.05, 3.63) is 35.9 Å². The highest BCUT2D eigenvalue weighted by Gasteiger charge is 2.39. The van der Waals surface area contributed by atoms with Gasteiger partial charge < -0.3 is 4.43 Å². The fraction of sp³-hybridized carbons (Fsp3) is 0.600. The third-order valence-electron chi connectivity index (χ3n) is 3.80. The normalized spacial score (nSPS) is 16.1. The molecular formula is C15H26O2SSi. The Kier molecular flexibility index (Phi) is 5.53. The Labute approximate surface area is 121 Å². The van der Waals surface area contributed by atoms with Gasteiger partial charge in [-0.15, -0.1) is 0 Å². The number of rotatable bonds is 5. The summed E-state index contributed by atoms with van der Waals surface area (Å²) in [6, 6.07) is 10.1. The molecule has 0 spiro atoms. The maximum atomic E-state index is 11.6. The average Bonchev–Trinajstić information content (AvgIpc) is 2.27. The van der Waals surface area contributed by atoms with Gasteiger partial charge in [0.25, 0.3) is 0 Å². The zero-order valence-corrected chi connectivity index (χ0v) is 14.7. The van der Waals surface area contributed by atoms with Crippen molar-refractivity contribution in [3.8, 4) is 0 Å². The standard InChI is InChI=1S/C15H26O2SSi/c1-15(2,3)19(5,6)17-14(12-18(4)16)13-10-8-7-9-11-13/h7-11,14H,12H2,1-6H3/t14-,18+/m1/s1. The van der Waals surface area contributed by atoms with E-state index in [1.54, 1.807) is 6.26 Å². The lowest BCUT2D eigenvalue weighted by Crippen LogP contribution is -2.42. The Morgan fingerprint density at radius 3 is 2.16 bits per heavy atom. The molecule has 0 saturated heterocycles. The van der Waals surface area contributed by atoms with Gasteiger partial charge >= 0.3 is 0 Å². The van der Waals surface area contributed by atoms with Gasteiger partial charge in [0.15, 0.2) is 8.32 Å². The van der Waals surface area contributed by atoms with Crippen molar-refractivity contribution < 1.29 is 8.63 Å². The highest BCUT2D eigenvalue weighted by atomic mass is 32.2. The lowest BCUT2D eigenvalue weighted by molar-refractivity contribution is 0.206. The fourth-order valence-electron chi connectivity index (χ4n) is 1.61. The van der Waals surface area contributed by atoms with E-state index in [4.69, 9.17) is 4.43 Å². The molecule has 2 nitrogen and oxygen atoms in total. The van der Waals surface area contributed by atoms with Crippen molar-refractivity contribution in [1.29, 1.82) is 0 Å². The molecule has 0 aliphatic rings. The molecule has 2 atom stereocenters. The van der Waals surface area contributed by atoms with E-state index < -0.39 is 19.1 Å². The van der Waals surface area contributed by atoms with Crippen LogP contribution < -0.4 is 0 Å². The van der Waals surface area contributed by atoms with Crippen molar-refractivity contribution >= 4 is 19.1 Å². The first kappa shape index (κ1) is 16.6. The second-order valence-corrected chi connectivity index (χ2v) is 12.8. The molecule has 0 unspecified atom stereocenters. The van der Waals surface area contributed by atoms with Crippen LogP contribution in [0.5, 0.6) is 0 Å². The SMILES string of the molecule is C[S@](=O)C[C@@H](O[Si](C)(C)C(C)(C)C)c1ccccc1. The van der Waals surface area contributed by atoms with Crippen LogP contribution in [-0.4, -0.2) is 24.5 Å². The van der Waals surface area contributed by atoms with Gasteiger partial charge in [0.2, 0.25) is 0 Å². The van der Waals surface area contributed by atoms with E-state index in [0.717, 1.165) is 5.56 Å². The van der Waals surface area contributed by atoms with E-state index in [1.165, 1.54) is 0 Å². The van der Waals surface area contributed by atoms with Crippen molar-refractivity contribution in [2.45, 2.75) is 45.0 Å². The Bertz CT molecular complexity index is 424. The van der Waals surface area contributed by atoms with Gasteiger partial charge in [-0.2, -0.15) is 0 Å². The van der Waals surface area contributed by atoms with Crippen LogP contribution in [0.25, 0.3) is 0 Å². The molecule has 0 fully saturated rings. The largest absolute Gasteiger partial charge is 0.409 e. The number of hydrogen-bond acceptors (Lipinski definition) is 2. The molecule has 0 heterocycles. The second-order valence-electron chi connectivity index (χ2n) is 6.52. The Morgan fingerprint density at radius 1 is 1.21 bits per heavy atom. The summed E-state index contributed by atoms with van der Waals surface area (Å²) in [5.74, 6) is 0.566. The Morgan fingerprint density at radius 2 is 1.74 bits per heavy atom. The topological polar surface area (TPSA) is 26.3 Å². The minimum absolute atomic E-state index is 0.0621. The molecule has 1 aromatic rings. The van der Waals surface area contributed by atoms with Gasteiger partial charge in [0.05, 0.1) is 11.9 Å². The van der Waals surface area contributed by atoms with Crippen molar-refractivity contribution in [3.63, 3.8) is 0 Å². The van der Waals surface area contributed by atoms with Crippen molar-refractivity contribution in [2.75, 3.05) is 12.0 Å². The number of hydrogen-bond donors (Lipinski definition) is 0. The van der Waals surface area contributed by atoms with E-state index in [0.29, 0.717) is 5.75 Å². The van der Waals surface area contributed by atoms with Crippen LogP contribution in [0.3, 0.4) is 0 Å². The van der Waals surface area contributed by atoms with Crippen LogP contribution in [0, 0.1) is 0 Å². The van der Waals surface area contributed by atoms with Crippen LogP contribution in [0.2, 0.25) is 18.1 Å². The molecule has 1 aromatic carbocycles. The molecule has 0 amide bonds. The maximum absolute atomic E-state index is 11.6. The molecule has 0 bridgehead atoms. The smallest absolute Gasteiger partial charge is 0.192 e. The molecule has 0 aliphatic heterocycles. The summed E-state index contributed by atoms with van der Waals surface area (Å²) in [7, 11) is -2.71. The third kappa shape index (κ3) is 4.86. The van der Waals surface area contributed by atoms with Crippen LogP contribution >= 0.6 is 0 Å². The molecule has 0 saturated carbocycles. The predicted molar refractivity (Wildman–Crippen MR) is 86.4 cm³/mol.